The van der Waals surface area contributed by atoms with Crippen LogP contribution in [0.2, 0.25) is 5.02 Å². The summed E-state index contributed by atoms with van der Waals surface area (Å²) in [6.45, 7) is 0. The van der Waals surface area contributed by atoms with Crippen molar-refractivity contribution in [1.82, 2.24) is 3.97 Å². The molecule has 5 nitrogen and oxygen atoms in total. The van der Waals surface area contributed by atoms with E-state index >= 15 is 0 Å². The number of carboxylic acids is 1. The third-order valence-corrected chi connectivity index (χ3v) is 9.15. The number of aliphatic carboxylic acids is 1. The van der Waals surface area contributed by atoms with Crippen LogP contribution in [0, 0.1) is 0 Å². The van der Waals surface area contributed by atoms with Crippen molar-refractivity contribution in [3.05, 3.63) is 71.4 Å². The number of hydrogen-bond donors (Lipinski definition) is 1. The molecule has 0 aliphatic carbocycles. The molecule has 0 atom stereocenters. The van der Waals surface area contributed by atoms with E-state index in [1.54, 1.807) is 42.1 Å². The maximum atomic E-state index is 13.5. The maximum Gasteiger partial charge on any atom is 0.303 e. The number of thioether (sulfide) groups is 1. The summed E-state index contributed by atoms with van der Waals surface area (Å²) in [6.07, 6.45) is 3.63. The average Bonchev–Trinajstić information content (AvgIpc) is 3.38. The molecule has 2 aromatic heterocycles. The molecule has 2 heterocycles. The van der Waals surface area contributed by atoms with Gasteiger partial charge in [-0.05, 0) is 66.3 Å². The van der Waals surface area contributed by atoms with Gasteiger partial charge in [-0.2, -0.15) is 8.42 Å². The highest BCUT2D eigenvalue weighted by molar-refractivity contribution is 7.98. The summed E-state index contributed by atoms with van der Waals surface area (Å²) in [5, 5.41) is 10.1. The monoisotopic (exact) mass is 491 g/mol. The zero-order valence-corrected chi connectivity index (χ0v) is 19.6. The Bertz CT molecular complexity index is 1370. The smallest absolute Gasteiger partial charge is 0.303 e. The summed E-state index contributed by atoms with van der Waals surface area (Å²) in [7, 11) is -3.86. The number of hydrogen-bond acceptors (Lipinski definition) is 5. The third kappa shape index (κ3) is 4.39. The standard InChI is InChI=1S/C22H18ClNO4S3/c1-29-17-6-2-14(3-7-17)20-9-11-22(30-20)31(27,28)24-13-15(4-10-21(25)26)18-12-16(23)5-8-19(18)24/h2-3,5-9,11-13H,4,10H2,1H3,(H,25,26). The minimum Gasteiger partial charge on any atom is -0.481 e. The second-order valence-electron chi connectivity index (χ2n) is 6.86. The van der Waals surface area contributed by atoms with Crippen molar-refractivity contribution >= 4 is 61.6 Å². The van der Waals surface area contributed by atoms with Gasteiger partial charge >= 0.3 is 5.97 Å². The van der Waals surface area contributed by atoms with Gasteiger partial charge in [-0.25, -0.2) is 3.97 Å². The normalized spacial score (nSPS) is 11.8. The zero-order chi connectivity index (χ0) is 22.2. The van der Waals surface area contributed by atoms with Crippen molar-refractivity contribution in [2.24, 2.45) is 0 Å². The van der Waals surface area contributed by atoms with Gasteiger partial charge in [-0.3, -0.25) is 4.79 Å². The van der Waals surface area contributed by atoms with E-state index in [0.29, 0.717) is 21.5 Å². The molecule has 0 aliphatic heterocycles. The fourth-order valence-electron chi connectivity index (χ4n) is 3.34. The van der Waals surface area contributed by atoms with Gasteiger partial charge in [0.2, 0.25) is 0 Å². The van der Waals surface area contributed by atoms with Crippen LogP contribution in [0.15, 0.2) is 69.9 Å². The topological polar surface area (TPSA) is 76.4 Å². The predicted octanol–water partition coefficient (Wildman–Crippen LogP) is 6.00. The zero-order valence-electron chi connectivity index (χ0n) is 16.4. The summed E-state index contributed by atoms with van der Waals surface area (Å²) in [5.41, 5.74) is 2.06. The van der Waals surface area contributed by atoms with Crippen LogP contribution < -0.4 is 0 Å². The van der Waals surface area contributed by atoms with Gasteiger partial charge < -0.3 is 5.11 Å². The highest BCUT2D eigenvalue weighted by Gasteiger charge is 2.24. The third-order valence-electron chi connectivity index (χ3n) is 4.89. The number of rotatable bonds is 7. The molecule has 0 amide bonds. The first-order valence-electron chi connectivity index (χ1n) is 9.31. The molecule has 0 saturated heterocycles. The minimum absolute atomic E-state index is 0.0964. The second kappa shape index (κ2) is 8.70. The molecule has 9 heteroatoms. The summed E-state index contributed by atoms with van der Waals surface area (Å²) in [6, 6.07) is 16.3. The Hall–Kier alpha value is -2.26. The van der Waals surface area contributed by atoms with Crippen LogP contribution in [-0.2, 0) is 21.2 Å². The fourth-order valence-corrected chi connectivity index (χ4v) is 6.72. The molecule has 0 unspecified atom stereocenters. The van der Waals surface area contributed by atoms with E-state index in [2.05, 4.69) is 0 Å². The molecule has 0 fully saturated rings. The van der Waals surface area contributed by atoms with E-state index in [9.17, 15) is 13.2 Å². The molecule has 2 aromatic carbocycles. The van der Waals surface area contributed by atoms with Crippen molar-refractivity contribution in [3.8, 4) is 10.4 Å². The van der Waals surface area contributed by atoms with Gasteiger partial charge in [0.25, 0.3) is 10.0 Å². The summed E-state index contributed by atoms with van der Waals surface area (Å²) >= 11 is 8.96. The van der Waals surface area contributed by atoms with E-state index in [0.717, 1.165) is 15.3 Å². The molecular weight excluding hydrogens is 474 g/mol. The van der Waals surface area contributed by atoms with Crippen LogP contribution in [0.1, 0.15) is 12.0 Å². The van der Waals surface area contributed by atoms with Crippen molar-refractivity contribution in [1.29, 1.82) is 0 Å². The van der Waals surface area contributed by atoms with Crippen molar-refractivity contribution in [2.45, 2.75) is 21.9 Å². The van der Waals surface area contributed by atoms with E-state index < -0.39 is 16.0 Å². The molecule has 31 heavy (non-hydrogen) atoms. The Morgan fingerprint density at radius 1 is 1.13 bits per heavy atom. The number of nitrogens with zero attached hydrogens (tertiary/aromatic N) is 1. The molecule has 0 spiro atoms. The number of benzene rings is 2. The van der Waals surface area contributed by atoms with Crippen LogP contribution >= 0.6 is 34.7 Å². The highest BCUT2D eigenvalue weighted by Crippen LogP contribution is 2.35. The Kier molecular flexibility index (Phi) is 6.16. The highest BCUT2D eigenvalue weighted by atomic mass is 35.5. The van der Waals surface area contributed by atoms with Gasteiger partial charge in [0, 0.05) is 32.8 Å². The van der Waals surface area contributed by atoms with E-state index in [1.807, 2.05) is 30.5 Å². The molecule has 0 bridgehead atoms. The van der Waals surface area contributed by atoms with Crippen LogP contribution in [0.25, 0.3) is 21.3 Å². The molecule has 1 N–H and O–H groups in total. The number of fused-ring (bicyclic) bond motifs is 1. The molecule has 160 valence electrons. The van der Waals surface area contributed by atoms with Crippen molar-refractivity contribution in [2.75, 3.05) is 6.26 Å². The number of aromatic nitrogens is 1. The lowest BCUT2D eigenvalue weighted by Crippen LogP contribution is -2.10. The number of thiophene rings is 1. The van der Waals surface area contributed by atoms with Crippen molar-refractivity contribution < 1.29 is 18.3 Å². The number of halogens is 1. The van der Waals surface area contributed by atoms with Gasteiger partial charge in [0.15, 0.2) is 0 Å². The van der Waals surface area contributed by atoms with Crippen molar-refractivity contribution in [3.63, 3.8) is 0 Å². The lowest BCUT2D eigenvalue weighted by molar-refractivity contribution is -0.136. The molecule has 4 aromatic rings. The van der Waals surface area contributed by atoms with Crippen LogP contribution in [0.5, 0.6) is 0 Å². The average molecular weight is 492 g/mol. The van der Waals surface area contributed by atoms with E-state index in [-0.39, 0.29) is 17.1 Å². The summed E-state index contributed by atoms with van der Waals surface area (Å²) in [5.74, 6) is -0.943. The van der Waals surface area contributed by atoms with Gasteiger partial charge in [-0.15, -0.1) is 23.1 Å². The Morgan fingerprint density at radius 3 is 2.55 bits per heavy atom. The predicted molar refractivity (Wildman–Crippen MR) is 127 cm³/mol. The van der Waals surface area contributed by atoms with Gasteiger partial charge in [-0.1, -0.05) is 23.7 Å². The van der Waals surface area contributed by atoms with Crippen LogP contribution in [0.4, 0.5) is 0 Å². The quantitative estimate of drug-likeness (QED) is 0.321. The first kappa shape index (κ1) is 22.0. The first-order valence-corrected chi connectivity index (χ1v) is 13.2. The summed E-state index contributed by atoms with van der Waals surface area (Å²) in [4.78, 5) is 13.0. The molecule has 0 radical (unpaired) electrons. The molecule has 0 saturated carbocycles. The van der Waals surface area contributed by atoms with Crippen LogP contribution in [-0.4, -0.2) is 29.7 Å². The second-order valence-corrected chi connectivity index (χ2v) is 11.3. The molecular formula is C22H18ClNO4S3. The van der Waals surface area contributed by atoms with E-state index in [4.69, 9.17) is 16.7 Å². The van der Waals surface area contributed by atoms with E-state index in [1.165, 1.54) is 21.5 Å². The lowest BCUT2D eigenvalue weighted by Gasteiger charge is -2.05. The molecule has 0 aliphatic rings. The van der Waals surface area contributed by atoms with Gasteiger partial charge in [0.05, 0.1) is 5.52 Å². The Labute approximate surface area is 193 Å². The number of aryl methyl sites for hydroxylation is 1. The number of carboxylic acid groups (broad SMARTS) is 1. The lowest BCUT2D eigenvalue weighted by atomic mass is 10.1. The van der Waals surface area contributed by atoms with Gasteiger partial charge in [0.1, 0.15) is 4.21 Å². The minimum atomic E-state index is -3.86. The maximum absolute atomic E-state index is 13.5. The SMILES string of the molecule is CSc1ccc(-c2ccc(S(=O)(=O)n3cc(CCC(=O)O)c4cc(Cl)ccc43)s2)cc1. The van der Waals surface area contributed by atoms with Crippen LogP contribution in [0.3, 0.4) is 0 Å². The Balaban J connectivity index is 1.76. The number of carbonyl (C=O) groups is 1. The molecule has 4 rings (SSSR count). The summed E-state index contributed by atoms with van der Waals surface area (Å²) < 4.78 is 28.3. The fraction of sp³-hybridized carbons (Fsp3) is 0.136. The largest absolute Gasteiger partial charge is 0.481 e. The first-order chi connectivity index (χ1) is 14.8. The Morgan fingerprint density at radius 2 is 1.87 bits per heavy atom.